The van der Waals surface area contributed by atoms with Gasteiger partial charge in [-0.1, -0.05) is 12.7 Å². The van der Waals surface area contributed by atoms with E-state index in [1.54, 1.807) is 19.9 Å². The molecule has 0 bridgehead atoms. The van der Waals surface area contributed by atoms with Gasteiger partial charge in [-0.05, 0) is 33.6 Å². The van der Waals surface area contributed by atoms with Gasteiger partial charge in [-0.15, -0.1) is 0 Å². The number of esters is 4. The summed E-state index contributed by atoms with van der Waals surface area (Å²) in [6, 6.07) is 0. The zero-order valence-corrected chi connectivity index (χ0v) is 19.2. The Morgan fingerprint density at radius 1 is 1.18 bits per heavy atom. The van der Waals surface area contributed by atoms with Crippen LogP contribution in [0, 0.1) is 5.92 Å². The second-order valence-corrected chi connectivity index (χ2v) is 9.23. The SMILES string of the molecule is C=C1C(=O)O[C@H]2[C@H]1[C@H](OC(=O)[C@@]1(C)O[C@H]1C)[C@@H](OC(C)=O)/C(C(=O)OC)=C\CC[C@@]1(C)O[C@@H]21. The molecule has 33 heavy (non-hydrogen) atoms. The quantitative estimate of drug-likeness (QED) is 0.258. The highest BCUT2D eigenvalue weighted by Gasteiger charge is 2.66. The standard InChI is InChI=1S/C23H28O10/c1-10-14-16(31-21(27)23(5)11(2)32-23)15(29-12(3)24)13(20(26)28-6)8-7-9-22(4)18(33-22)17(14)30-19(10)25/h8,11,14-18H,1,7,9H2,2-6H3/b13-8+/t11-,14+,15-,16-,17-,18-,22+,23-/m0/s1. The first kappa shape index (κ1) is 23.4. The van der Waals surface area contributed by atoms with Crippen LogP contribution in [0.2, 0.25) is 0 Å². The van der Waals surface area contributed by atoms with Crippen LogP contribution in [0.4, 0.5) is 0 Å². The number of hydrogen-bond acceptors (Lipinski definition) is 10. The number of methoxy groups -OCH3 is 1. The third kappa shape index (κ3) is 3.95. The summed E-state index contributed by atoms with van der Waals surface area (Å²) in [5.41, 5.74) is -1.77. The van der Waals surface area contributed by atoms with E-state index in [1.807, 2.05) is 6.92 Å². The Morgan fingerprint density at radius 2 is 1.85 bits per heavy atom. The lowest BCUT2D eigenvalue weighted by Gasteiger charge is -2.34. The number of hydrogen-bond donors (Lipinski definition) is 0. The van der Waals surface area contributed by atoms with Gasteiger partial charge < -0.3 is 28.4 Å². The fourth-order valence-electron chi connectivity index (χ4n) is 4.66. The summed E-state index contributed by atoms with van der Waals surface area (Å²) in [6.45, 7) is 10.2. The molecule has 3 aliphatic heterocycles. The van der Waals surface area contributed by atoms with Crippen molar-refractivity contribution in [3.63, 3.8) is 0 Å². The molecule has 0 aromatic carbocycles. The highest BCUT2D eigenvalue weighted by Crippen LogP contribution is 2.51. The summed E-state index contributed by atoms with van der Waals surface area (Å²) in [4.78, 5) is 50.4. The van der Waals surface area contributed by atoms with E-state index < -0.39 is 65.4 Å². The van der Waals surface area contributed by atoms with Crippen molar-refractivity contribution in [2.75, 3.05) is 7.11 Å². The summed E-state index contributed by atoms with van der Waals surface area (Å²) < 4.78 is 33.2. The minimum atomic E-state index is -1.36. The Hall–Kier alpha value is -2.72. The third-order valence-corrected chi connectivity index (χ3v) is 6.97. The maximum absolute atomic E-state index is 13.1. The topological polar surface area (TPSA) is 130 Å². The summed E-state index contributed by atoms with van der Waals surface area (Å²) in [6.07, 6.45) is -1.87. The molecule has 0 aromatic heterocycles. The lowest BCUT2D eigenvalue weighted by molar-refractivity contribution is -0.175. The molecule has 3 fully saturated rings. The minimum absolute atomic E-state index is 0.00554. The highest BCUT2D eigenvalue weighted by molar-refractivity contribution is 5.93. The zero-order chi connectivity index (χ0) is 24.3. The molecule has 0 N–H and O–H groups in total. The zero-order valence-electron chi connectivity index (χ0n) is 19.2. The smallest absolute Gasteiger partial charge is 0.341 e. The van der Waals surface area contributed by atoms with Crippen LogP contribution in [-0.2, 0) is 47.6 Å². The lowest BCUT2D eigenvalue weighted by Crippen LogP contribution is -2.49. The first-order chi connectivity index (χ1) is 15.4. The molecule has 10 nitrogen and oxygen atoms in total. The van der Waals surface area contributed by atoms with E-state index in [4.69, 9.17) is 28.4 Å². The van der Waals surface area contributed by atoms with Gasteiger partial charge in [0.1, 0.15) is 12.2 Å². The van der Waals surface area contributed by atoms with E-state index >= 15 is 0 Å². The molecular weight excluding hydrogens is 436 g/mol. The van der Waals surface area contributed by atoms with Crippen molar-refractivity contribution < 1.29 is 47.6 Å². The van der Waals surface area contributed by atoms with Crippen LogP contribution in [0.25, 0.3) is 0 Å². The van der Waals surface area contributed by atoms with E-state index in [9.17, 15) is 19.2 Å². The minimum Gasteiger partial charge on any atom is -0.466 e. The Labute approximate surface area is 191 Å². The number of carbonyl (C=O) groups is 4. The predicted molar refractivity (Wildman–Crippen MR) is 110 cm³/mol. The molecule has 8 atom stereocenters. The highest BCUT2D eigenvalue weighted by atomic mass is 16.7. The van der Waals surface area contributed by atoms with Crippen molar-refractivity contribution in [2.45, 2.75) is 82.3 Å². The molecule has 3 saturated heterocycles. The normalized spacial score (nSPS) is 43.1. The second kappa shape index (κ2) is 7.95. The van der Waals surface area contributed by atoms with Crippen LogP contribution in [0.5, 0.6) is 0 Å². The summed E-state index contributed by atoms with van der Waals surface area (Å²) in [5.74, 6) is -3.79. The molecular formula is C23H28O10. The molecule has 0 aromatic rings. The van der Waals surface area contributed by atoms with E-state index in [0.717, 1.165) is 0 Å². The van der Waals surface area contributed by atoms with E-state index in [-0.39, 0.29) is 17.3 Å². The van der Waals surface area contributed by atoms with Crippen LogP contribution < -0.4 is 0 Å². The van der Waals surface area contributed by atoms with Crippen molar-refractivity contribution in [2.24, 2.45) is 5.92 Å². The number of rotatable bonds is 4. The number of epoxide rings is 2. The van der Waals surface area contributed by atoms with E-state index in [2.05, 4.69) is 6.58 Å². The summed E-state index contributed by atoms with van der Waals surface area (Å²) >= 11 is 0. The van der Waals surface area contributed by atoms with Gasteiger partial charge in [0.05, 0.1) is 30.3 Å². The monoisotopic (exact) mass is 464 g/mol. The van der Waals surface area contributed by atoms with Crippen LogP contribution >= 0.6 is 0 Å². The van der Waals surface area contributed by atoms with E-state index in [1.165, 1.54) is 14.0 Å². The molecule has 0 unspecified atom stereocenters. The van der Waals surface area contributed by atoms with Crippen molar-refractivity contribution in [1.82, 2.24) is 0 Å². The van der Waals surface area contributed by atoms with Crippen LogP contribution in [-0.4, -0.2) is 72.7 Å². The summed E-state index contributed by atoms with van der Waals surface area (Å²) in [5, 5.41) is 0. The lowest BCUT2D eigenvalue weighted by atomic mass is 9.80. The number of allylic oxidation sites excluding steroid dienone is 1. The molecule has 0 spiro atoms. The van der Waals surface area contributed by atoms with Gasteiger partial charge in [-0.25, -0.2) is 14.4 Å². The van der Waals surface area contributed by atoms with Crippen LogP contribution in [0.3, 0.4) is 0 Å². The van der Waals surface area contributed by atoms with Gasteiger partial charge in [0.25, 0.3) is 0 Å². The van der Waals surface area contributed by atoms with Crippen LogP contribution in [0.15, 0.2) is 23.8 Å². The molecule has 1 aliphatic carbocycles. The van der Waals surface area contributed by atoms with Crippen molar-refractivity contribution in [3.8, 4) is 0 Å². The number of ether oxygens (including phenoxy) is 6. The number of carbonyl (C=O) groups excluding carboxylic acids is 4. The molecule has 0 amide bonds. The molecule has 0 saturated carbocycles. The van der Waals surface area contributed by atoms with Crippen LogP contribution in [0.1, 0.15) is 40.5 Å². The number of fused-ring (bicyclic) bond motifs is 3. The van der Waals surface area contributed by atoms with Crippen molar-refractivity contribution in [3.05, 3.63) is 23.8 Å². The van der Waals surface area contributed by atoms with Crippen molar-refractivity contribution >= 4 is 23.9 Å². The second-order valence-electron chi connectivity index (χ2n) is 9.23. The third-order valence-electron chi connectivity index (χ3n) is 6.97. The van der Waals surface area contributed by atoms with Gasteiger partial charge >= 0.3 is 23.9 Å². The molecule has 10 heteroatoms. The van der Waals surface area contributed by atoms with Gasteiger partial charge in [0, 0.05) is 12.5 Å². The fourth-order valence-corrected chi connectivity index (χ4v) is 4.66. The molecule has 4 rings (SSSR count). The predicted octanol–water partition coefficient (Wildman–Crippen LogP) is 1.16. The Bertz CT molecular complexity index is 953. The Balaban J connectivity index is 1.82. The van der Waals surface area contributed by atoms with Gasteiger partial charge in [-0.3, -0.25) is 4.79 Å². The molecule has 4 aliphatic rings. The average Bonchev–Trinajstić information content (AvgIpc) is 3.57. The first-order valence-electron chi connectivity index (χ1n) is 10.8. The average molecular weight is 464 g/mol. The maximum Gasteiger partial charge on any atom is 0.341 e. The Kier molecular flexibility index (Phi) is 5.65. The fraction of sp³-hybridized carbons (Fsp3) is 0.652. The van der Waals surface area contributed by atoms with Gasteiger partial charge in [-0.2, -0.15) is 0 Å². The van der Waals surface area contributed by atoms with Gasteiger partial charge in [0.15, 0.2) is 17.8 Å². The van der Waals surface area contributed by atoms with Gasteiger partial charge in [0.2, 0.25) is 0 Å². The van der Waals surface area contributed by atoms with Crippen molar-refractivity contribution in [1.29, 1.82) is 0 Å². The molecule has 3 heterocycles. The molecule has 0 radical (unpaired) electrons. The largest absolute Gasteiger partial charge is 0.466 e. The Morgan fingerprint density at radius 3 is 2.42 bits per heavy atom. The first-order valence-corrected chi connectivity index (χ1v) is 10.8. The maximum atomic E-state index is 13.1. The van der Waals surface area contributed by atoms with E-state index in [0.29, 0.717) is 12.8 Å². The summed E-state index contributed by atoms with van der Waals surface area (Å²) in [7, 11) is 1.19. The molecule has 180 valence electrons.